The highest BCUT2D eigenvalue weighted by Gasteiger charge is 2.22. The molecule has 2 fully saturated rings. The normalized spacial score (nSPS) is 15.5. The lowest BCUT2D eigenvalue weighted by molar-refractivity contribution is 0.0765. The molecule has 2 saturated heterocycles. The number of carbonyl (C=O) groups excluding carboxylic acids is 2. The number of pyridine rings is 4. The van der Waals surface area contributed by atoms with Crippen LogP contribution >= 0.6 is 11.6 Å². The van der Waals surface area contributed by atoms with Crippen molar-refractivity contribution in [2.75, 3.05) is 107 Å². The standard InChI is InChI=1S/C26H33N5O3S.C19H18ClN3O.C7H16N2O2S/c1-3-31(4-2)26(32)21-8-6-20(7-9-21)24-18-25(22-19-27-12-10-23(22)29-24)28-11-5-13-30-14-16-35(33,34)17-15-30;1-3-23(4-2)19(24)14-7-5-13(6-8-14)18-11-16(20)15-12-21-10-9-17(15)22-18;8-2-1-3-9-4-6-12(10,11)7-5-9/h6-10,12,18-19H,3-5,11,13-17H2,1-2H3,(H,28,29);5-12H,3-4H2,1-2H3;1-8H2. The number of fused-ring (bicyclic) bond motifs is 2. The van der Waals surface area contributed by atoms with Crippen LogP contribution in [0.5, 0.6) is 0 Å². The summed E-state index contributed by atoms with van der Waals surface area (Å²) in [7, 11) is -5.57. The third kappa shape index (κ3) is 15.4. The Hall–Kier alpha value is -5.63. The van der Waals surface area contributed by atoms with E-state index in [0.717, 1.165) is 82.5 Å². The van der Waals surface area contributed by atoms with Gasteiger partial charge < -0.3 is 30.7 Å². The van der Waals surface area contributed by atoms with Crippen molar-refractivity contribution in [2.24, 2.45) is 5.73 Å². The van der Waals surface area contributed by atoms with Crippen LogP contribution in [0.3, 0.4) is 0 Å². The SMILES string of the molecule is CCN(CC)C(=O)c1ccc(-c2cc(Cl)c3cnccc3n2)cc1.CCN(CC)C(=O)c1ccc(-c2cc(NCCCN3CCS(=O)(=O)CC3)c3cnccc3n2)cc1.NCCCN1CCS(=O)(=O)CC1. The van der Waals surface area contributed by atoms with Gasteiger partial charge in [0.1, 0.15) is 0 Å². The van der Waals surface area contributed by atoms with Crippen molar-refractivity contribution < 1.29 is 26.4 Å². The molecule has 0 atom stereocenters. The highest BCUT2D eigenvalue weighted by molar-refractivity contribution is 7.91. The zero-order chi connectivity index (χ0) is 51.0. The summed E-state index contributed by atoms with van der Waals surface area (Å²) in [6.45, 7) is 16.5. The van der Waals surface area contributed by atoms with Crippen molar-refractivity contribution in [3.8, 4) is 22.5 Å². The van der Waals surface area contributed by atoms with Gasteiger partial charge in [-0.3, -0.25) is 19.6 Å². The van der Waals surface area contributed by atoms with Crippen LogP contribution in [0.4, 0.5) is 5.69 Å². The monoisotopic (exact) mass is 1030 g/mol. The number of hydrogen-bond acceptors (Lipinski definition) is 14. The first-order valence-electron chi connectivity index (χ1n) is 24.4. The van der Waals surface area contributed by atoms with E-state index in [9.17, 15) is 26.4 Å². The highest BCUT2D eigenvalue weighted by atomic mass is 35.5. The first-order valence-corrected chi connectivity index (χ1v) is 28.4. The minimum atomic E-state index is -2.85. The summed E-state index contributed by atoms with van der Waals surface area (Å²) in [6, 6.07) is 22.7. The Balaban J connectivity index is 0.000000197. The van der Waals surface area contributed by atoms with Gasteiger partial charge in [0, 0.05) is 122 Å². The van der Waals surface area contributed by atoms with Crippen LogP contribution in [0.1, 0.15) is 61.3 Å². The van der Waals surface area contributed by atoms with Crippen molar-refractivity contribution in [3.63, 3.8) is 0 Å². The summed E-state index contributed by atoms with van der Waals surface area (Å²) in [5, 5.41) is 5.93. The first-order chi connectivity index (χ1) is 34.2. The molecule has 6 heterocycles. The second-order valence-corrected chi connectivity index (χ2v) is 22.4. The molecule has 2 aromatic carbocycles. The predicted molar refractivity (Wildman–Crippen MR) is 286 cm³/mol. The van der Waals surface area contributed by atoms with Crippen LogP contribution in [-0.2, 0) is 19.7 Å². The summed E-state index contributed by atoms with van der Waals surface area (Å²) >= 11 is 6.33. The van der Waals surface area contributed by atoms with Crippen molar-refractivity contribution in [1.29, 1.82) is 0 Å². The molecule has 3 N–H and O–H groups in total. The van der Waals surface area contributed by atoms with E-state index in [0.29, 0.717) is 86.6 Å². The minimum Gasteiger partial charge on any atom is -0.384 e. The first kappa shape index (κ1) is 54.7. The maximum atomic E-state index is 12.6. The summed E-state index contributed by atoms with van der Waals surface area (Å²) in [5.41, 5.74) is 12.8. The molecule has 0 spiro atoms. The van der Waals surface area contributed by atoms with Gasteiger partial charge in [0.25, 0.3) is 11.8 Å². The molecule has 71 heavy (non-hydrogen) atoms. The van der Waals surface area contributed by atoms with Crippen LogP contribution in [0.15, 0.2) is 97.6 Å². The van der Waals surface area contributed by atoms with Gasteiger partial charge in [-0.2, -0.15) is 0 Å². The topological polar surface area (TPSA) is 205 Å². The van der Waals surface area contributed by atoms with Crippen molar-refractivity contribution >= 4 is 70.6 Å². The second kappa shape index (κ2) is 26.2. The van der Waals surface area contributed by atoms with Gasteiger partial charge in [0.05, 0.1) is 50.5 Å². The van der Waals surface area contributed by atoms with E-state index in [4.69, 9.17) is 22.3 Å². The fraction of sp³-hybridized carbons (Fsp3) is 0.423. The number of amides is 2. The molecular formula is C52H67ClN10O6S2. The smallest absolute Gasteiger partial charge is 0.253 e. The van der Waals surface area contributed by atoms with E-state index in [1.165, 1.54) is 0 Å². The number of sulfone groups is 2. The molecule has 0 radical (unpaired) electrons. The number of nitrogens with one attached hydrogen (secondary N) is 1. The summed E-state index contributed by atoms with van der Waals surface area (Å²) < 4.78 is 45.3. The molecule has 2 amide bonds. The second-order valence-electron chi connectivity index (χ2n) is 17.3. The summed E-state index contributed by atoms with van der Waals surface area (Å²) in [6.07, 6.45) is 8.82. The average Bonchev–Trinajstić information content (AvgIpc) is 3.38. The number of aromatic nitrogens is 4. The van der Waals surface area contributed by atoms with E-state index in [-0.39, 0.29) is 23.3 Å². The number of hydrogen-bond donors (Lipinski definition) is 2. The van der Waals surface area contributed by atoms with Gasteiger partial charge >= 0.3 is 0 Å². The molecular weight excluding hydrogens is 960 g/mol. The molecule has 380 valence electrons. The van der Waals surface area contributed by atoms with E-state index in [2.05, 4.69) is 30.1 Å². The van der Waals surface area contributed by atoms with Crippen LogP contribution in [0, 0.1) is 0 Å². The van der Waals surface area contributed by atoms with Crippen LogP contribution < -0.4 is 11.1 Å². The third-order valence-corrected chi connectivity index (χ3v) is 16.2. The third-order valence-electron chi connectivity index (χ3n) is 12.6. The van der Waals surface area contributed by atoms with Gasteiger partial charge in [0.2, 0.25) is 0 Å². The Morgan fingerprint density at radius 2 is 1.04 bits per heavy atom. The minimum absolute atomic E-state index is 0.0350. The Kier molecular flexibility index (Phi) is 20.2. The Morgan fingerprint density at radius 1 is 0.620 bits per heavy atom. The molecule has 4 aromatic heterocycles. The number of rotatable bonds is 16. The maximum Gasteiger partial charge on any atom is 0.253 e. The number of nitrogens with two attached hydrogens (primary N) is 1. The fourth-order valence-electron chi connectivity index (χ4n) is 8.28. The van der Waals surface area contributed by atoms with Crippen LogP contribution in [-0.4, -0.2) is 170 Å². The Bertz CT molecular complexity index is 2910. The number of nitrogens with zero attached hydrogens (tertiary/aromatic N) is 8. The zero-order valence-electron chi connectivity index (χ0n) is 41.3. The number of anilines is 1. The van der Waals surface area contributed by atoms with Gasteiger partial charge in [-0.1, -0.05) is 35.9 Å². The van der Waals surface area contributed by atoms with E-state index >= 15 is 0 Å². The van der Waals surface area contributed by atoms with Crippen LogP contribution in [0.25, 0.3) is 44.3 Å². The molecule has 16 nitrogen and oxygen atoms in total. The fourth-order valence-corrected chi connectivity index (χ4v) is 11.1. The number of benzene rings is 2. The lowest BCUT2D eigenvalue weighted by atomic mass is 10.1. The van der Waals surface area contributed by atoms with E-state index in [1.807, 2.05) is 107 Å². The van der Waals surface area contributed by atoms with Gasteiger partial charge in [0.15, 0.2) is 19.7 Å². The quantitative estimate of drug-likeness (QED) is 0.0957. The largest absolute Gasteiger partial charge is 0.384 e. The molecule has 0 bridgehead atoms. The van der Waals surface area contributed by atoms with Gasteiger partial charge in [-0.25, -0.2) is 26.8 Å². The Morgan fingerprint density at radius 3 is 1.49 bits per heavy atom. The highest BCUT2D eigenvalue weighted by Crippen LogP contribution is 2.30. The summed E-state index contributed by atoms with van der Waals surface area (Å²) in [4.78, 5) is 50.8. The van der Waals surface area contributed by atoms with Crippen molar-refractivity contribution in [1.82, 2.24) is 39.5 Å². The lowest BCUT2D eigenvalue weighted by Gasteiger charge is -2.26. The molecule has 8 rings (SSSR count). The molecule has 6 aromatic rings. The molecule has 0 aliphatic carbocycles. The van der Waals surface area contributed by atoms with Gasteiger partial charge in [-0.05, 0) is 109 Å². The molecule has 2 aliphatic heterocycles. The van der Waals surface area contributed by atoms with Crippen LogP contribution in [0.2, 0.25) is 5.02 Å². The molecule has 0 unspecified atom stereocenters. The average molecular weight is 1030 g/mol. The van der Waals surface area contributed by atoms with Crippen molar-refractivity contribution in [3.05, 3.63) is 114 Å². The molecule has 2 aliphatic rings. The van der Waals surface area contributed by atoms with E-state index < -0.39 is 19.7 Å². The molecule has 19 heteroatoms. The van der Waals surface area contributed by atoms with E-state index in [1.54, 1.807) is 28.4 Å². The maximum absolute atomic E-state index is 12.6. The van der Waals surface area contributed by atoms with Crippen molar-refractivity contribution in [2.45, 2.75) is 40.5 Å². The lowest BCUT2D eigenvalue weighted by Crippen LogP contribution is -2.41. The van der Waals surface area contributed by atoms with Gasteiger partial charge in [-0.15, -0.1) is 0 Å². The number of carbonyl (C=O) groups is 2. The zero-order valence-corrected chi connectivity index (χ0v) is 43.7. The number of halogens is 1. The Labute approximate surface area is 423 Å². The molecule has 0 saturated carbocycles. The predicted octanol–water partition coefficient (Wildman–Crippen LogP) is 6.81. The summed E-state index contributed by atoms with van der Waals surface area (Å²) in [5.74, 6) is 1.22.